The first-order valence-corrected chi connectivity index (χ1v) is 12.8. The molecule has 1 heterocycles. The number of ketones is 1. The molecule has 0 amide bonds. The molecule has 0 bridgehead atoms. The van der Waals surface area contributed by atoms with Gasteiger partial charge in [0.05, 0.1) is 4.90 Å². The number of carbonyl (C=O) groups excluding carboxylic acids is 2. The monoisotopic (exact) mass is 460 g/mol. The van der Waals surface area contributed by atoms with Crippen LogP contribution in [0.4, 0.5) is 0 Å². The third kappa shape index (κ3) is 4.03. The fourth-order valence-electron chi connectivity index (χ4n) is 4.71. The second kappa shape index (κ2) is 8.06. The van der Waals surface area contributed by atoms with E-state index in [4.69, 9.17) is 16.3 Å². The predicted octanol–water partition coefficient (Wildman–Crippen LogP) is 5.02. The van der Waals surface area contributed by atoms with E-state index in [2.05, 4.69) is 0 Å². The Morgan fingerprint density at radius 3 is 2.35 bits per heavy atom. The van der Waals surface area contributed by atoms with Crippen LogP contribution in [0.1, 0.15) is 55.6 Å². The van der Waals surface area contributed by atoms with E-state index in [1.807, 2.05) is 6.92 Å². The van der Waals surface area contributed by atoms with E-state index in [0.29, 0.717) is 34.6 Å². The average molecular weight is 461 g/mol. The van der Waals surface area contributed by atoms with Gasteiger partial charge in [-0.2, -0.15) is 0 Å². The third-order valence-corrected chi connectivity index (χ3v) is 7.82. The summed E-state index contributed by atoms with van der Waals surface area (Å²) in [6.07, 6.45) is 6.16. The SMILES string of the molecule is Cc1cc(-c2cccc(S(C)(=O)=O)c2)c(Cl)cc1C1C(=O)OC2(CCCCCC2)C1=O. The van der Waals surface area contributed by atoms with Crippen LogP contribution < -0.4 is 0 Å². The normalized spacial score (nSPS) is 21.2. The molecule has 2 fully saturated rings. The molecule has 7 heteroatoms. The minimum Gasteiger partial charge on any atom is -0.450 e. The van der Waals surface area contributed by atoms with Crippen LogP contribution in [0.15, 0.2) is 41.3 Å². The van der Waals surface area contributed by atoms with Crippen molar-refractivity contribution in [3.05, 3.63) is 52.5 Å². The number of halogens is 1. The highest BCUT2D eigenvalue weighted by molar-refractivity contribution is 7.90. The highest BCUT2D eigenvalue weighted by Crippen LogP contribution is 2.44. The van der Waals surface area contributed by atoms with Crippen LogP contribution in [-0.4, -0.2) is 32.0 Å². The Hall–Kier alpha value is -2.18. The molecule has 1 unspecified atom stereocenters. The van der Waals surface area contributed by atoms with E-state index >= 15 is 0 Å². The number of hydrogen-bond donors (Lipinski definition) is 0. The molecule has 1 spiro atoms. The quantitative estimate of drug-likeness (QED) is 0.474. The summed E-state index contributed by atoms with van der Waals surface area (Å²) in [6, 6.07) is 10.0. The maximum Gasteiger partial charge on any atom is 0.322 e. The zero-order valence-electron chi connectivity index (χ0n) is 17.6. The summed E-state index contributed by atoms with van der Waals surface area (Å²) in [6.45, 7) is 1.83. The van der Waals surface area contributed by atoms with Crippen LogP contribution in [0, 0.1) is 6.92 Å². The van der Waals surface area contributed by atoms with Gasteiger partial charge in [-0.15, -0.1) is 0 Å². The second-order valence-electron chi connectivity index (χ2n) is 8.62. The Balaban J connectivity index is 1.73. The van der Waals surface area contributed by atoms with Crippen LogP contribution in [0.25, 0.3) is 11.1 Å². The van der Waals surface area contributed by atoms with Gasteiger partial charge in [-0.3, -0.25) is 9.59 Å². The van der Waals surface area contributed by atoms with Crippen molar-refractivity contribution >= 4 is 33.2 Å². The summed E-state index contributed by atoms with van der Waals surface area (Å²) >= 11 is 6.57. The van der Waals surface area contributed by atoms with Gasteiger partial charge < -0.3 is 4.74 Å². The first-order chi connectivity index (χ1) is 14.6. The largest absolute Gasteiger partial charge is 0.450 e. The van der Waals surface area contributed by atoms with Gasteiger partial charge >= 0.3 is 5.97 Å². The standard InChI is InChI=1S/C24H25ClO5S/c1-15-12-19(16-8-7-9-17(13-16)31(2,28)29)20(25)14-18(15)21-22(26)24(30-23(21)27)10-5-3-4-6-11-24/h7-9,12-14,21H,3-6,10-11H2,1-2H3. The van der Waals surface area contributed by atoms with Gasteiger partial charge in [0.1, 0.15) is 5.92 Å². The van der Waals surface area contributed by atoms with Crippen molar-refractivity contribution in [3.63, 3.8) is 0 Å². The maximum absolute atomic E-state index is 13.4. The van der Waals surface area contributed by atoms with Crippen LogP contribution in [0.2, 0.25) is 5.02 Å². The second-order valence-corrected chi connectivity index (χ2v) is 11.0. The molecule has 2 aromatic carbocycles. The third-order valence-electron chi connectivity index (χ3n) is 6.39. The Kier molecular flexibility index (Phi) is 5.73. The van der Waals surface area contributed by atoms with E-state index < -0.39 is 27.3 Å². The molecule has 5 nitrogen and oxygen atoms in total. The summed E-state index contributed by atoms with van der Waals surface area (Å²) in [4.78, 5) is 26.4. The number of hydrogen-bond acceptors (Lipinski definition) is 5. The first-order valence-electron chi connectivity index (χ1n) is 10.5. The molecule has 0 radical (unpaired) electrons. The van der Waals surface area contributed by atoms with Gasteiger partial charge in [0.15, 0.2) is 21.2 Å². The smallest absolute Gasteiger partial charge is 0.322 e. The highest BCUT2D eigenvalue weighted by atomic mass is 35.5. The van der Waals surface area contributed by atoms with Gasteiger partial charge in [0.2, 0.25) is 0 Å². The molecule has 1 saturated carbocycles. The van der Waals surface area contributed by atoms with Crippen LogP contribution in [0.3, 0.4) is 0 Å². The van der Waals surface area contributed by atoms with Gasteiger partial charge in [-0.25, -0.2) is 8.42 Å². The highest BCUT2D eigenvalue weighted by Gasteiger charge is 2.55. The Morgan fingerprint density at radius 1 is 1.03 bits per heavy atom. The number of carbonyl (C=O) groups is 2. The molecule has 1 aliphatic carbocycles. The molecule has 31 heavy (non-hydrogen) atoms. The fraction of sp³-hybridized carbons (Fsp3) is 0.417. The topological polar surface area (TPSA) is 77.5 Å². The lowest BCUT2D eigenvalue weighted by Crippen LogP contribution is -2.36. The zero-order chi connectivity index (χ0) is 22.4. The minimum atomic E-state index is -3.36. The lowest BCUT2D eigenvalue weighted by Gasteiger charge is -2.24. The van der Waals surface area contributed by atoms with Crippen LogP contribution >= 0.6 is 11.6 Å². The minimum absolute atomic E-state index is 0.162. The fourth-order valence-corrected chi connectivity index (χ4v) is 5.66. The van der Waals surface area contributed by atoms with Crippen molar-refractivity contribution in [2.45, 2.75) is 61.9 Å². The van der Waals surface area contributed by atoms with Gasteiger partial charge in [-0.05, 0) is 73.6 Å². The molecular weight excluding hydrogens is 436 g/mol. The molecule has 0 aromatic heterocycles. The van der Waals surface area contributed by atoms with E-state index in [-0.39, 0.29) is 10.7 Å². The van der Waals surface area contributed by atoms with E-state index in [1.165, 1.54) is 6.07 Å². The Labute approximate surface area is 187 Å². The molecule has 2 aliphatic rings. The molecular formula is C24H25ClO5S. The lowest BCUT2D eigenvalue weighted by molar-refractivity contribution is -0.153. The van der Waals surface area contributed by atoms with Crippen LogP contribution in [0.5, 0.6) is 0 Å². The number of Topliss-reactive ketones (excluding diaryl/α,β-unsaturated/α-hetero) is 1. The van der Waals surface area contributed by atoms with E-state index in [0.717, 1.165) is 37.5 Å². The average Bonchev–Trinajstić information content (AvgIpc) is 2.86. The van der Waals surface area contributed by atoms with Crippen LogP contribution in [-0.2, 0) is 24.2 Å². The van der Waals surface area contributed by atoms with Crippen molar-refractivity contribution < 1.29 is 22.7 Å². The molecule has 2 aromatic rings. The summed E-state index contributed by atoms with van der Waals surface area (Å²) in [5.41, 5.74) is 1.61. The number of benzene rings is 2. The number of rotatable bonds is 3. The van der Waals surface area contributed by atoms with Crippen molar-refractivity contribution in [3.8, 4) is 11.1 Å². The molecule has 1 atom stereocenters. The Bertz CT molecular complexity index is 1160. The summed E-state index contributed by atoms with van der Waals surface area (Å²) in [7, 11) is -3.36. The summed E-state index contributed by atoms with van der Waals surface area (Å²) < 4.78 is 29.6. The van der Waals surface area contributed by atoms with Gasteiger partial charge in [-0.1, -0.05) is 36.6 Å². The lowest BCUT2D eigenvalue weighted by atomic mass is 9.81. The van der Waals surface area contributed by atoms with Crippen molar-refractivity contribution in [1.82, 2.24) is 0 Å². The molecule has 164 valence electrons. The molecule has 4 rings (SSSR count). The predicted molar refractivity (Wildman–Crippen MR) is 119 cm³/mol. The number of ether oxygens (including phenoxy) is 1. The van der Waals surface area contributed by atoms with Crippen molar-refractivity contribution in [2.24, 2.45) is 0 Å². The number of sulfone groups is 1. The maximum atomic E-state index is 13.4. The van der Waals surface area contributed by atoms with Crippen molar-refractivity contribution in [1.29, 1.82) is 0 Å². The Morgan fingerprint density at radius 2 is 1.71 bits per heavy atom. The van der Waals surface area contributed by atoms with Crippen molar-refractivity contribution in [2.75, 3.05) is 6.26 Å². The van der Waals surface area contributed by atoms with Gasteiger partial charge in [0.25, 0.3) is 0 Å². The molecule has 0 N–H and O–H groups in total. The summed E-state index contributed by atoms with van der Waals surface area (Å²) in [5, 5.41) is 0.355. The summed E-state index contributed by atoms with van der Waals surface area (Å²) in [5.74, 6) is -1.63. The van der Waals surface area contributed by atoms with Gasteiger partial charge in [0, 0.05) is 16.8 Å². The van der Waals surface area contributed by atoms with E-state index in [1.54, 1.807) is 30.3 Å². The molecule has 1 saturated heterocycles. The number of aryl methyl sites for hydroxylation is 1. The van der Waals surface area contributed by atoms with E-state index in [9.17, 15) is 18.0 Å². The number of esters is 1. The zero-order valence-corrected chi connectivity index (χ0v) is 19.2. The molecule has 1 aliphatic heterocycles. The first kappa shape index (κ1) is 22.0.